The van der Waals surface area contributed by atoms with Crippen molar-refractivity contribution in [3.63, 3.8) is 0 Å². The van der Waals surface area contributed by atoms with E-state index in [1.54, 1.807) is 55.1 Å². The van der Waals surface area contributed by atoms with Crippen molar-refractivity contribution in [2.45, 2.75) is 58.4 Å². The highest BCUT2D eigenvalue weighted by molar-refractivity contribution is 6.42. The number of benzene rings is 2. The molecule has 2 aromatic carbocycles. The molecule has 2 aromatic rings. The maximum atomic E-state index is 13.3. The van der Waals surface area contributed by atoms with Crippen LogP contribution < -0.4 is 11.1 Å². The summed E-state index contributed by atoms with van der Waals surface area (Å²) in [6.45, 7) is 5.20. The maximum absolute atomic E-state index is 13.3. The molecule has 0 fully saturated rings. The molecule has 204 valence electrons. The number of esters is 1. The highest BCUT2D eigenvalue weighted by atomic mass is 35.5. The number of nitrogens with one attached hydrogen (secondary N) is 1. The van der Waals surface area contributed by atoms with E-state index < -0.39 is 11.9 Å². The molecule has 0 radical (unpaired) electrons. The first kappa shape index (κ1) is 29.7. The Labute approximate surface area is 234 Å². The highest BCUT2D eigenvalue weighted by Gasteiger charge is 2.37. The SMILES string of the molecule is CCOC(=O)C1=C(C)N(Cc2cccc(C(=O)NCCCCCCN)c2)C(=O)CC1c1ccc(Cl)c(Cl)c1. The van der Waals surface area contributed by atoms with Gasteiger partial charge in [-0.25, -0.2) is 4.79 Å². The smallest absolute Gasteiger partial charge is 0.336 e. The van der Waals surface area contributed by atoms with Crippen molar-refractivity contribution in [1.82, 2.24) is 10.2 Å². The van der Waals surface area contributed by atoms with Crippen LogP contribution in [-0.2, 0) is 20.9 Å². The summed E-state index contributed by atoms with van der Waals surface area (Å²) in [5.41, 5.74) is 8.47. The molecule has 1 aliphatic rings. The summed E-state index contributed by atoms with van der Waals surface area (Å²) in [6.07, 6.45) is 4.04. The normalized spacial score (nSPS) is 15.6. The number of hydrogen-bond acceptors (Lipinski definition) is 5. The van der Waals surface area contributed by atoms with Crippen LogP contribution in [0.1, 0.15) is 73.4 Å². The molecule has 0 saturated carbocycles. The second kappa shape index (κ2) is 14.3. The van der Waals surface area contributed by atoms with Gasteiger partial charge in [-0.2, -0.15) is 0 Å². The topological polar surface area (TPSA) is 102 Å². The summed E-state index contributed by atoms with van der Waals surface area (Å²) in [5, 5.41) is 3.70. The molecule has 1 unspecified atom stereocenters. The average molecular weight is 561 g/mol. The minimum absolute atomic E-state index is 0.0772. The summed E-state index contributed by atoms with van der Waals surface area (Å²) in [6, 6.07) is 12.3. The van der Waals surface area contributed by atoms with Gasteiger partial charge in [-0.3, -0.25) is 9.59 Å². The van der Waals surface area contributed by atoms with E-state index >= 15 is 0 Å². The number of hydrogen-bond donors (Lipinski definition) is 2. The molecule has 3 N–H and O–H groups in total. The first-order chi connectivity index (χ1) is 18.3. The zero-order valence-corrected chi connectivity index (χ0v) is 23.4. The molecule has 0 saturated heterocycles. The molecule has 0 aromatic heterocycles. The number of carbonyl (C=O) groups is 3. The van der Waals surface area contributed by atoms with E-state index in [0.717, 1.165) is 36.8 Å². The fourth-order valence-corrected chi connectivity index (χ4v) is 4.92. The summed E-state index contributed by atoms with van der Waals surface area (Å²) in [5.74, 6) is -1.28. The van der Waals surface area contributed by atoms with Gasteiger partial charge in [0.1, 0.15) is 0 Å². The zero-order valence-electron chi connectivity index (χ0n) is 21.9. The lowest BCUT2D eigenvalue weighted by molar-refractivity contribution is -0.140. The van der Waals surface area contributed by atoms with Crippen LogP contribution >= 0.6 is 23.2 Å². The quantitative estimate of drug-likeness (QED) is 0.260. The molecule has 3 rings (SSSR count). The third kappa shape index (κ3) is 7.59. The fraction of sp³-hybridized carbons (Fsp3) is 0.414. The predicted octanol–water partition coefficient (Wildman–Crippen LogP) is 5.60. The van der Waals surface area contributed by atoms with Crippen LogP contribution in [0.25, 0.3) is 0 Å². The number of carbonyl (C=O) groups excluding carboxylic acids is 3. The number of nitrogens with two attached hydrogens (primary N) is 1. The van der Waals surface area contributed by atoms with E-state index in [2.05, 4.69) is 5.32 Å². The Morgan fingerprint density at radius 3 is 2.55 bits per heavy atom. The van der Waals surface area contributed by atoms with Gasteiger partial charge in [0.25, 0.3) is 5.91 Å². The van der Waals surface area contributed by atoms with Crippen molar-refractivity contribution in [3.8, 4) is 0 Å². The largest absolute Gasteiger partial charge is 0.463 e. The predicted molar refractivity (Wildman–Crippen MR) is 150 cm³/mol. The van der Waals surface area contributed by atoms with Gasteiger partial charge in [-0.05, 0) is 68.6 Å². The van der Waals surface area contributed by atoms with E-state index in [-0.39, 0.29) is 31.4 Å². The van der Waals surface area contributed by atoms with Gasteiger partial charge in [0.05, 0.1) is 28.8 Å². The fourth-order valence-electron chi connectivity index (χ4n) is 4.61. The van der Waals surface area contributed by atoms with Crippen LogP contribution in [0.5, 0.6) is 0 Å². The third-order valence-electron chi connectivity index (χ3n) is 6.61. The third-order valence-corrected chi connectivity index (χ3v) is 7.35. The summed E-state index contributed by atoms with van der Waals surface area (Å²) >= 11 is 12.3. The van der Waals surface area contributed by atoms with Crippen LogP contribution in [0.2, 0.25) is 10.0 Å². The standard InChI is InChI=1S/C29H35Cl2N3O4/c1-3-38-29(37)27-19(2)34(26(35)17-23(27)21-11-12-24(30)25(31)16-21)18-20-9-8-10-22(15-20)28(36)33-14-7-5-4-6-13-32/h8-12,15-16,23H,3-7,13-14,17-18,32H2,1-2H3,(H,33,36). The minimum Gasteiger partial charge on any atom is -0.463 e. The molecule has 38 heavy (non-hydrogen) atoms. The summed E-state index contributed by atoms with van der Waals surface area (Å²) in [4.78, 5) is 40.6. The number of rotatable bonds is 12. The number of nitrogens with zero attached hydrogens (tertiary/aromatic N) is 1. The van der Waals surface area contributed by atoms with Gasteiger partial charge < -0.3 is 20.7 Å². The molecular weight excluding hydrogens is 525 g/mol. The van der Waals surface area contributed by atoms with Crippen LogP contribution in [0, 0.1) is 0 Å². The molecular formula is C29H35Cl2N3O4. The first-order valence-electron chi connectivity index (χ1n) is 13.0. The van der Waals surface area contributed by atoms with Gasteiger partial charge in [0.2, 0.25) is 5.91 Å². The molecule has 1 heterocycles. The Hall–Kier alpha value is -2.87. The van der Waals surface area contributed by atoms with Gasteiger partial charge >= 0.3 is 5.97 Å². The van der Waals surface area contributed by atoms with Crippen molar-refractivity contribution in [3.05, 3.63) is 80.5 Å². The lowest BCUT2D eigenvalue weighted by Gasteiger charge is -2.34. The Morgan fingerprint density at radius 1 is 1.08 bits per heavy atom. The van der Waals surface area contributed by atoms with E-state index in [0.29, 0.717) is 40.0 Å². The van der Waals surface area contributed by atoms with E-state index in [1.807, 2.05) is 6.07 Å². The number of amides is 2. The molecule has 0 bridgehead atoms. The minimum atomic E-state index is -0.505. The molecule has 0 spiro atoms. The van der Waals surface area contributed by atoms with E-state index in [1.165, 1.54) is 0 Å². The molecule has 0 aliphatic carbocycles. The van der Waals surface area contributed by atoms with Gasteiger partial charge in [0, 0.05) is 30.1 Å². The Balaban J connectivity index is 1.81. The first-order valence-corrected chi connectivity index (χ1v) is 13.7. The summed E-state index contributed by atoms with van der Waals surface area (Å²) in [7, 11) is 0. The second-order valence-corrected chi connectivity index (χ2v) is 10.1. The van der Waals surface area contributed by atoms with Crippen LogP contribution in [-0.4, -0.2) is 42.4 Å². The average Bonchev–Trinajstić information content (AvgIpc) is 2.90. The number of allylic oxidation sites excluding steroid dienone is 1. The summed E-state index contributed by atoms with van der Waals surface area (Å²) < 4.78 is 5.36. The number of ether oxygens (including phenoxy) is 1. The Bertz CT molecular complexity index is 1200. The lowest BCUT2D eigenvalue weighted by atomic mass is 9.83. The molecule has 1 atom stereocenters. The van der Waals surface area contributed by atoms with Gasteiger partial charge in [-0.1, -0.05) is 54.2 Å². The van der Waals surface area contributed by atoms with Crippen LogP contribution in [0.15, 0.2) is 53.7 Å². The van der Waals surface area contributed by atoms with Crippen LogP contribution in [0.4, 0.5) is 0 Å². The second-order valence-electron chi connectivity index (χ2n) is 9.29. The molecule has 7 nitrogen and oxygen atoms in total. The van der Waals surface area contributed by atoms with Crippen molar-refractivity contribution in [2.24, 2.45) is 5.73 Å². The van der Waals surface area contributed by atoms with Crippen LogP contribution in [0.3, 0.4) is 0 Å². The van der Waals surface area contributed by atoms with Crippen molar-refractivity contribution in [1.29, 1.82) is 0 Å². The number of unbranched alkanes of at least 4 members (excludes halogenated alkanes) is 3. The monoisotopic (exact) mass is 559 g/mol. The Morgan fingerprint density at radius 2 is 1.84 bits per heavy atom. The zero-order chi connectivity index (χ0) is 27.7. The molecule has 9 heteroatoms. The molecule has 2 amide bonds. The lowest BCUT2D eigenvalue weighted by Crippen LogP contribution is -2.38. The maximum Gasteiger partial charge on any atom is 0.336 e. The van der Waals surface area contributed by atoms with Gasteiger partial charge in [-0.15, -0.1) is 0 Å². The van der Waals surface area contributed by atoms with Crippen molar-refractivity contribution < 1.29 is 19.1 Å². The van der Waals surface area contributed by atoms with E-state index in [9.17, 15) is 14.4 Å². The van der Waals surface area contributed by atoms with Gasteiger partial charge in [0.15, 0.2) is 0 Å². The Kier molecular flexibility index (Phi) is 11.2. The number of halogens is 2. The highest BCUT2D eigenvalue weighted by Crippen LogP contribution is 2.39. The molecule has 1 aliphatic heterocycles. The van der Waals surface area contributed by atoms with Crippen molar-refractivity contribution >= 4 is 41.0 Å². The van der Waals surface area contributed by atoms with Crippen molar-refractivity contribution in [2.75, 3.05) is 19.7 Å². The van der Waals surface area contributed by atoms with E-state index in [4.69, 9.17) is 33.7 Å².